The van der Waals surface area contributed by atoms with Gasteiger partial charge in [0.15, 0.2) is 11.7 Å². The number of aryl methyl sites for hydroxylation is 2. The monoisotopic (exact) mass is 313 g/mol. The molecule has 5 nitrogen and oxygen atoms in total. The topological polar surface area (TPSA) is 58.4 Å². The zero-order chi connectivity index (χ0) is 16.2. The number of carbonyl (C=O) groups excluding carboxylic acids is 1. The van der Waals surface area contributed by atoms with E-state index in [1.54, 1.807) is 0 Å². The van der Waals surface area contributed by atoms with Crippen molar-refractivity contribution in [3.63, 3.8) is 0 Å². The van der Waals surface area contributed by atoms with E-state index in [9.17, 15) is 4.79 Å². The minimum absolute atomic E-state index is 0.177. The molecule has 1 amide bonds. The Balaban J connectivity index is 1.64. The smallest absolute Gasteiger partial charge is 0.223 e. The third kappa shape index (κ3) is 3.62. The Morgan fingerprint density at radius 1 is 1.39 bits per heavy atom. The Bertz CT molecular complexity index is 666. The molecule has 1 aliphatic rings. The fraction of sp³-hybridized carbons (Fsp3) is 0.444. The maximum Gasteiger partial charge on any atom is 0.223 e. The minimum atomic E-state index is 0.177. The average Bonchev–Trinajstić information content (AvgIpc) is 2.95. The molecule has 1 atom stereocenters. The number of piperazine rings is 1. The van der Waals surface area contributed by atoms with Crippen LogP contribution in [0.1, 0.15) is 24.9 Å². The lowest BCUT2D eigenvalue weighted by Crippen LogP contribution is -2.52. The van der Waals surface area contributed by atoms with E-state index in [2.05, 4.69) is 17.2 Å². The van der Waals surface area contributed by atoms with Crippen LogP contribution >= 0.6 is 0 Å². The average molecular weight is 313 g/mol. The van der Waals surface area contributed by atoms with Gasteiger partial charge < -0.3 is 14.6 Å². The number of carbonyl (C=O) groups is 1. The molecule has 2 heterocycles. The molecule has 122 valence electrons. The summed E-state index contributed by atoms with van der Waals surface area (Å²) in [5.74, 6) is 1.61. The summed E-state index contributed by atoms with van der Waals surface area (Å²) in [6, 6.07) is 10.2. The van der Waals surface area contributed by atoms with Crippen molar-refractivity contribution in [3.8, 4) is 11.3 Å². The molecule has 3 rings (SSSR count). The number of nitrogens with one attached hydrogen (secondary N) is 1. The Labute approximate surface area is 136 Å². The third-order valence-electron chi connectivity index (χ3n) is 4.25. The van der Waals surface area contributed by atoms with Gasteiger partial charge in [0.1, 0.15) is 0 Å². The van der Waals surface area contributed by atoms with E-state index in [1.165, 1.54) is 0 Å². The molecule has 0 aliphatic carbocycles. The van der Waals surface area contributed by atoms with Crippen LogP contribution in [-0.4, -0.2) is 41.5 Å². The van der Waals surface area contributed by atoms with Crippen molar-refractivity contribution in [3.05, 3.63) is 41.9 Å². The zero-order valence-corrected chi connectivity index (χ0v) is 13.7. The lowest BCUT2D eigenvalue weighted by molar-refractivity contribution is -0.134. The highest BCUT2D eigenvalue weighted by molar-refractivity contribution is 5.76. The number of hydrogen-bond acceptors (Lipinski definition) is 4. The molecule has 1 fully saturated rings. The summed E-state index contributed by atoms with van der Waals surface area (Å²) in [7, 11) is 0. The molecule has 0 bridgehead atoms. The molecule has 1 unspecified atom stereocenters. The second-order valence-electron chi connectivity index (χ2n) is 6.03. The van der Waals surface area contributed by atoms with E-state index >= 15 is 0 Å². The Kier molecular flexibility index (Phi) is 4.76. The fourth-order valence-electron chi connectivity index (χ4n) is 2.99. The largest absolute Gasteiger partial charge is 0.440 e. The highest BCUT2D eigenvalue weighted by Crippen LogP contribution is 2.24. The van der Waals surface area contributed by atoms with Crippen molar-refractivity contribution < 1.29 is 9.21 Å². The highest BCUT2D eigenvalue weighted by atomic mass is 16.4. The lowest BCUT2D eigenvalue weighted by Gasteiger charge is -2.34. The number of rotatable bonds is 4. The standard InChI is InChI=1S/C18H23N3O2/c1-13-12-19-10-11-21(13)17(22)9-8-16-20-14(2)18(23-16)15-6-4-3-5-7-15/h3-7,13,19H,8-12H2,1-2H3. The number of amides is 1. The van der Waals surface area contributed by atoms with Gasteiger partial charge >= 0.3 is 0 Å². The maximum absolute atomic E-state index is 12.4. The third-order valence-corrected chi connectivity index (χ3v) is 4.25. The molecule has 2 aromatic rings. The lowest BCUT2D eigenvalue weighted by atomic mass is 10.1. The first-order valence-electron chi connectivity index (χ1n) is 8.17. The van der Waals surface area contributed by atoms with Crippen LogP contribution in [0.3, 0.4) is 0 Å². The van der Waals surface area contributed by atoms with E-state index in [0.29, 0.717) is 18.7 Å². The van der Waals surface area contributed by atoms with Gasteiger partial charge in [-0.05, 0) is 13.8 Å². The van der Waals surface area contributed by atoms with Crippen LogP contribution in [0.4, 0.5) is 0 Å². The van der Waals surface area contributed by atoms with Crippen molar-refractivity contribution >= 4 is 5.91 Å². The molecule has 1 N–H and O–H groups in total. The first-order valence-corrected chi connectivity index (χ1v) is 8.17. The predicted octanol–water partition coefficient (Wildman–Crippen LogP) is 2.40. The van der Waals surface area contributed by atoms with Crippen molar-refractivity contribution in [2.75, 3.05) is 19.6 Å². The van der Waals surface area contributed by atoms with Crippen LogP contribution in [0.15, 0.2) is 34.7 Å². The quantitative estimate of drug-likeness (QED) is 0.941. The van der Waals surface area contributed by atoms with Crippen LogP contribution in [0, 0.1) is 6.92 Å². The number of nitrogens with zero attached hydrogens (tertiary/aromatic N) is 2. The van der Waals surface area contributed by atoms with Crippen LogP contribution in [0.25, 0.3) is 11.3 Å². The van der Waals surface area contributed by atoms with E-state index in [-0.39, 0.29) is 11.9 Å². The van der Waals surface area contributed by atoms with Crippen LogP contribution in [-0.2, 0) is 11.2 Å². The highest BCUT2D eigenvalue weighted by Gasteiger charge is 2.23. The van der Waals surface area contributed by atoms with Gasteiger partial charge in [0.25, 0.3) is 0 Å². The predicted molar refractivity (Wildman–Crippen MR) is 89.0 cm³/mol. The Hall–Kier alpha value is -2.14. The number of benzene rings is 1. The van der Waals surface area contributed by atoms with E-state index < -0.39 is 0 Å². The van der Waals surface area contributed by atoms with E-state index in [4.69, 9.17) is 4.42 Å². The summed E-state index contributed by atoms with van der Waals surface area (Å²) in [5, 5.41) is 3.30. The van der Waals surface area contributed by atoms with Gasteiger partial charge in [-0.3, -0.25) is 4.79 Å². The second kappa shape index (κ2) is 6.96. The fourth-order valence-corrected chi connectivity index (χ4v) is 2.99. The molecule has 1 aromatic carbocycles. The molecule has 1 aromatic heterocycles. The molecule has 0 saturated carbocycles. The SMILES string of the molecule is Cc1nc(CCC(=O)N2CCNCC2C)oc1-c1ccccc1. The molecular formula is C18H23N3O2. The van der Waals surface area contributed by atoms with Gasteiger partial charge in [0.05, 0.1) is 5.69 Å². The molecule has 1 saturated heterocycles. The first-order chi connectivity index (χ1) is 11.1. The first kappa shape index (κ1) is 15.7. The molecule has 5 heteroatoms. The van der Waals surface area contributed by atoms with Gasteiger partial charge in [-0.15, -0.1) is 0 Å². The van der Waals surface area contributed by atoms with Crippen molar-refractivity contribution in [1.82, 2.24) is 15.2 Å². The molecular weight excluding hydrogens is 290 g/mol. The van der Waals surface area contributed by atoms with Gasteiger partial charge in [-0.2, -0.15) is 0 Å². The maximum atomic E-state index is 12.4. The molecule has 0 spiro atoms. The van der Waals surface area contributed by atoms with Crippen LogP contribution in [0.5, 0.6) is 0 Å². The van der Waals surface area contributed by atoms with E-state index in [0.717, 1.165) is 36.7 Å². The summed E-state index contributed by atoms with van der Waals surface area (Å²) in [4.78, 5) is 18.8. The normalized spacial score (nSPS) is 18.2. The van der Waals surface area contributed by atoms with Gasteiger partial charge in [-0.1, -0.05) is 30.3 Å². The Morgan fingerprint density at radius 3 is 2.91 bits per heavy atom. The van der Waals surface area contributed by atoms with Gasteiger partial charge in [0, 0.05) is 44.1 Å². The number of aromatic nitrogens is 1. The summed E-state index contributed by atoms with van der Waals surface area (Å²) in [5.41, 5.74) is 1.89. The number of oxazole rings is 1. The van der Waals surface area contributed by atoms with Crippen molar-refractivity contribution in [2.45, 2.75) is 32.7 Å². The molecule has 0 radical (unpaired) electrons. The Morgan fingerprint density at radius 2 is 2.17 bits per heavy atom. The van der Waals surface area contributed by atoms with Crippen LogP contribution < -0.4 is 5.32 Å². The van der Waals surface area contributed by atoms with Gasteiger partial charge in [-0.25, -0.2) is 4.98 Å². The van der Waals surface area contributed by atoms with E-state index in [1.807, 2.05) is 42.2 Å². The van der Waals surface area contributed by atoms with Crippen molar-refractivity contribution in [1.29, 1.82) is 0 Å². The van der Waals surface area contributed by atoms with Crippen molar-refractivity contribution in [2.24, 2.45) is 0 Å². The zero-order valence-electron chi connectivity index (χ0n) is 13.7. The molecule has 1 aliphatic heterocycles. The second-order valence-corrected chi connectivity index (χ2v) is 6.03. The minimum Gasteiger partial charge on any atom is -0.440 e. The summed E-state index contributed by atoms with van der Waals surface area (Å²) in [6.07, 6.45) is 0.988. The van der Waals surface area contributed by atoms with Crippen LogP contribution in [0.2, 0.25) is 0 Å². The summed E-state index contributed by atoms with van der Waals surface area (Å²) in [6.45, 7) is 6.52. The van der Waals surface area contributed by atoms with Gasteiger partial charge in [0.2, 0.25) is 5.91 Å². The number of hydrogen-bond donors (Lipinski definition) is 1. The summed E-state index contributed by atoms with van der Waals surface area (Å²) < 4.78 is 5.87. The molecule has 23 heavy (non-hydrogen) atoms. The summed E-state index contributed by atoms with van der Waals surface area (Å²) >= 11 is 0.